The summed E-state index contributed by atoms with van der Waals surface area (Å²) >= 11 is 5.84. The van der Waals surface area contributed by atoms with Crippen molar-refractivity contribution in [2.45, 2.75) is 59.1 Å². The Kier molecular flexibility index (Phi) is 8.23. The SMILES string of the molecule is CC(C)C[C@@H](CNC(=O)Cc1ccc(Cl)cc1)NC(=O)OC(C)(C)C. The van der Waals surface area contributed by atoms with E-state index in [4.69, 9.17) is 16.3 Å². The van der Waals surface area contributed by atoms with E-state index in [0.717, 1.165) is 12.0 Å². The molecule has 0 aliphatic carbocycles. The highest BCUT2D eigenvalue weighted by Gasteiger charge is 2.20. The molecule has 1 aromatic rings. The van der Waals surface area contributed by atoms with Gasteiger partial charge in [0.15, 0.2) is 0 Å². The monoisotopic (exact) mass is 368 g/mol. The quantitative estimate of drug-likeness (QED) is 0.766. The van der Waals surface area contributed by atoms with Gasteiger partial charge in [-0.25, -0.2) is 4.79 Å². The van der Waals surface area contributed by atoms with Gasteiger partial charge in [0.05, 0.1) is 6.42 Å². The minimum absolute atomic E-state index is 0.0953. The summed E-state index contributed by atoms with van der Waals surface area (Å²) in [5, 5.41) is 6.36. The van der Waals surface area contributed by atoms with Crippen LogP contribution >= 0.6 is 11.6 Å². The van der Waals surface area contributed by atoms with Gasteiger partial charge in [-0.3, -0.25) is 4.79 Å². The second-order valence-electron chi connectivity index (χ2n) is 7.58. The fourth-order valence-corrected chi connectivity index (χ4v) is 2.45. The summed E-state index contributed by atoms with van der Waals surface area (Å²) in [6, 6.07) is 6.99. The number of hydrogen-bond donors (Lipinski definition) is 2. The van der Waals surface area contributed by atoms with Crippen molar-refractivity contribution in [1.82, 2.24) is 10.6 Å². The molecule has 0 heterocycles. The van der Waals surface area contributed by atoms with Crippen LogP contribution in [0.1, 0.15) is 46.6 Å². The van der Waals surface area contributed by atoms with E-state index in [2.05, 4.69) is 24.5 Å². The number of rotatable bonds is 7. The van der Waals surface area contributed by atoms with Crippen LogP contribution in [0.25, 0.3) is 0 Å². The number of nitrogens with one attached hydrogen (secondary N) is 2. The number of carbonyl (C=O) groups is 2. The molecule has 2 amide bonds. The van der Waals surface area contributed by atoms with Gasteiger partial charge in [0.25, 0.3) is 0 Å². The highest BCUT2D eigenvalue weighted by Crippen LogP contribution is 2.11. The minimum atomic E-state index is -0.551. The van der Waals surface area contributed by atoms with Gasteiger partial charge < -0.3 is 15.4 Å². The second-order valence-corrected chi connectivity index (χ2v) is 8.02. The molecule has 6 heteroatoms. The Balaban J connectivity index is 2.52. The predicted octanol–water partition coefficient (Wildman–Crippen LogP) is 3.94. The maximum Gasteiger partial charge on any atom is 0.407 e. The average Bonchev–Trinajstić information content (AvgIpc) is 2.44. The zero-order valence-corrected chi connectivity index (χ0v) is 16.4. The first-order chi connectivity index (χ1) is 11.5. The first-order valence-electron chi connectivity index (χ1n) is 8.56. The molecule has 0 aromatic heterocycles. The van der Waals surface area contributed by atoms with Crippen molar-refractivity contribution in [1.29, 1.82) is 0 Å². The van der Waals surface area contributed by atoms with Crippen LogP contribution in [0.2, 0.25) is 5.02 Å². The van der Waals surface area contributed by atoms with Gasteiger partial charge in [-0.2, -0.15) is 0 Å². The Hall–Kier alpha value is -1.75. The zero-order valence-electron chi connectivity index (χ0n) is 15.7. The molecule has 0 aliphatic rings. The summed E-state index contributed by atoms with van der Waals surface area (Å²) in [7, 11) is 0. The molecule has 0 bridgehead atoms. The first kappa shape index (κ1) is 21.3. The molecular weight excluding hydrogens is 340 g/mol. The Morgan fingerprint density at radius 3 is 2.28 bits per heavy atom. The number of amides is 2. The van der Waals surface area contributed by atoms with Crippen LogP contribution in [-0.2, 0) is 16.0 Å². The van der Waals surface area contributed by atoms with E-state index in [9.17, 15) is 9.59 Å². The third-order valence-corrected chi connectivity index (χ3v) is 3.55. The number of ether oxygens (including phenoxy) is 1. The molecule has 1 rings (SSSR count). The highest BCUT2D eigenvalue weighted by molar-refractivity contribution is 6.30. The van der Waals surface area contributed by atoms with Gasteiger partial charge in [0, 0.05) is 17.6 Å². The molecule has 5 nitrogen and oxygen atoms in total. The van der Waals surface area contributed by atoms with Crippen LogP contribution in [0.4, 0.5) is 4.79 Å². The Labute approximate surface area is 155 Å². The van der Waals surface area contributed by atoms with Crippen molar-refractivity contribution < 1.29 is 14.3 Å². The van der Waals surface area contributed by atoms with Gasteiger partial charge in [-0.1, -0.05) is 37.6 Å². The Morgan fingerprint density at radius 1 is 1.16 bits per heavy atom. The van der Waals surface area contributed by atoms with E-state index < -0.39 is 11.7 Å². The normalized spacial score (nSPS) is 12.6. The molecule has 25 heavy (non-hydrogen) atoms. The molecule has 0 aliphatic heterocycles. The smallest absolute Gasteiger partial charge is 0.407 e. The molecule has 0 fully saturated rings. The third-order valence-electron chi connectivity index (χ3n) is 3.30. The first-order valence-corrected chi connectivity index (χ1v) is 8.93. The lowest BCUT2D eigenvalue weighted by Gasteiger charge is -2.25. The Bertz CT molecular complexity index is 565. The van der Waals surface area contributed by atoms with Crippen molar-refractivity contribution in [2.24, 2.45) is 5.92 Å². The standard InChI is InChI=1S/C19H29ClN2O3/c1-13(2)10-16(22-18(24)25-19(3,4)5)12-21-17(23)11-14-6-8-15(20)9-7-14/h6-9,13,16H,10-12H2,1-5H3,(H,21,23)(H,22,24)/t16-/m0/s1. The van der Waals surface area contributed by atoms with E-state index in [1.807, 2.05) is 32.9 Å². The number of halogens is 1. The summed E-state index contributed by atoms with van der Waals surface area (Å²) in [6.07, 6.45) is 0.559. The molecule has 1 atom stereocenters. The van der Waals surface area contributed by atoms with Crippen LogP contribution in [0.15, 0.2) is 24.3 Å². The highest BCUT2D eigenvalue weighted by atomic mass is 35.5. The molecule has 1 aromatic carbocycles. The van der Waals surface area contributed by atoms with Crippen molar-refractivity contribution in [2.75, 3.05) is 6.54 Å². The predicted molar refractivity (Wildman–Crippen MR) is 101 cm³/mol. The van der Waals surface area contributed by atoms with E-state index >= 15 is 0 Å². The number of alkyl carbamates (subject to hydrolysis) is 1. The largest absolute Gasteiger partial charge is 0.444 e. The number of benzene rings is 1. The van der Waals surface area contributed by atoms with Gasteiger partial charge in [0.1, 0.15) is 5.60 Å². The van der Waals surface area contributed by atoms with E-state index in [1.54, 1.807) is 12.1 Å². The number of hydrogen-bond acceptors (Lipinski definition) is 3. The lowest BCUT2D eigenvalue weighted by molar-refractivity contribution is -0.120. The molecule has 2 N–H and O–H groups in total. The number of carbonyl (C=O) groups excluding carboxylic acids is 2. The summed E-state index contributed by atoms with van der Waals surface area (Å²) in [5.41, 5.74) is 0.340. The summed E-state index contributed by atoms with van der Waals surface area (Å²) in [5.74, 6) is 0.287. The van der Waals surface area contributed by atoms with Crippen molar-refractivity contribution in [3.8, 4) is 0 Å². The van der Waals surface area contributed by atoms with Gasteiger partial charge in [-0.05, 0) is 50.8 Å². The van der Waals surface area contributed by atoms with Crippen molar-refractivity contribution in [3.05, 3.63) is 34.9 Å². The molecule has 0 radical (unpaired) electrons. The average molecular weight is 369 g/mol. The Morgan fingerprint density at radius 2 is 1.76 bits per heavy atom. The molecule has 0 unspecified atom stereocenters. The fraction of sp³-hybridized carbons (Fsp3) is 0.579. The summed E-state index contributed by atoms with van der Waals surface area (Å²) in [4.78, 5) is 24.1. The molecule has 140 valence electrons. The van der Waals surface area contributed by atoms with E-state index in [0.29, 0.717) is 17.5 Å². The molecule has 0 saturated carbocycles. The lowest BCUT2D eigenvalue weighted by atomic mass is 10.0. The summed E-state index contributed by atoms with van der Waals surface area (Å²) < 4.78 is 5.29. The molecular formula is C19H29ClN2O3. The minimum Gasteiger partial charge on any atom is -0.444 e. The van der Waals surface area contributed by atoms with Crippen molar-refractivity contribution in [3.63, 3.8) is 0 Å². The third kappa shape index (κ3) is 9.97. The van der Waals surface area contributed by atoms with Crippen LogP contribution in [0.5, 0.6) is 0 Å². The molecule has 0 spiro atoms. The molecule has 0 saturated heterocycles. The topological polar surface area (TPSA) is 67.4 Å². The maximum absolute atomic E-state index is 12.1. The van der Waals surface area contributed by atoms with Crippen LogP contribution < -0.4 is 10.6 Å². The maximum atomic E-state index is 12.1. The van der Waals surface area contributed by atoms with Crippen molar-refractivity contribution >= 4 is 23.6 Å². The lowest BCUT2D eigenvalue weighted by Crippen LogP contribution is -2.46. The summed E-state index contributed by atoms with van der Waals surface area (Å²) in [6.45, 7) is 9.95. The van der Waals surface area contributed by atoms with Crippen LogP contribution in [0, 0.1) is 5.92 Å². The second kappa shape index (κ2) is 9.66. The van der Waals surface area contributed by atoms with Gasteiger partial charge >= 0.3 is 6.09 Å². The van der Waals surface area contributed by atoms with Crippen LogP contribution in [0.3, 0.4) is 0 Å². The fourth-order valence-electron chi connectivity index (χ4n) is 2.32. The van der Waals surface area contributed by atoms with Gasteiger partial charge in [0.2, 0.25) is 5.91 Å². The van der Waals surface area contributed by atoms with E-state index in [1.165, 1.54) is 0 Å². The zero-order chi connectivity index (χ0) is 19.0. The van der Waals surface area contributed by atoms with E-state index in [-0.39, 0.29) is 18.4 Å². The van der Waals surface area contributed by atoms with Gasteiger partial charge in [-0.15, -0.1) is 0 Å². The van der Waals surface area contributed by atoms with Crippen LogP contribution in [-0.4, -0.2) is 30.2 Å².